The van der Waals surface area contributed by atoms with E-state index in [1.165, 1.54) is 12.8 Å². The van der Waals surface area contributed by atoms with Gasteiger partial charge in [-0.15, -0.1) is 11.6 Å². The normalized spacial score (nSPS) is 27.9. The van der Waals surface area contributed by atoms with E-state index in [0.717, 1.165) is 19.5 Å². The molecule has 2 saturated heterocycles. The minimum Gasteiger partial charge on any atom is -0.299 e. The van der Waals surface area contributed by atoms with E-state index in [1.54, 1.807) is 4.31 Å². The van der Waals surface area contributed by atoms with Gasteiger partial charge in [0.05, 0.1) is 5.75 Å². The quantitative estimate of drug-likeness (QED) is 0.709. The lowest BCUT2D eigenvalue weighted by Gasteiger charge is -2.23. The molecule has 0 N–H and O–H groups in total. The van der Waals surface area contributed by atoms with Crippen LogP contribution in [0.25, 0.3) is 0 Å². The summed E-state index contributed by atoms with van der Waals surface area (Å²) in [6, 6.07) is 0.447. The fourth-order valence-electron chi connectivity index (χ4n) is 2.73. The Morgan fingerprint density at radius 2 is 1.88 bits per heavy atom. The molecule has 0 radical (unpaired) electrons. The van der Waals surface area contributed by atoms with E-state index >= 15 is 0 Å². The minimum atomic E-state index is -3.06. The van der Waals surface area contributed by atoms with Gasteiger partial charge in [-0.1, -0.05) is 0 Å². The van der Waals surface area contributed by atoms with Crippen molar-refractivity contribution < 1.29 is 8.42 Å². The fourth-order valence-corrected chi connectivity index (χ4v) is 4.58. The van der Waals surface area contributed by atoms with Crippen LogP contribution in [0.3, 0.4) is 0 Å². The third kappa shape index (κ3) is 3.34. The Morgan fingerprint density at radius 1 is 1.18 bits per heavy atom. The van der Waals surface area contributed by atoms with E-state index in [4.69, 9.17) is 11.6 Å². The second kappa shape index (κ2) is 5.87. The Morgan fingerprint density at radius 3 is 2.53 bits per heavy atom. The number of hydrogen-bond acceptors (Lipinski definition) is 3. The maximum Gasteiger partial charge on any atom is 0.214 e. The van der Waals surface area contributed by atoms with Gasteiger partial charge in [0.2, 0.25) is 10.0 Å². The molecule has 2 fully saturated rings. The predicted octanol–water partition coefficient (Wildman–Crippen LogP) is 1.12. The first-order valence-electron chi connectivity index (χ1n) is 6.41. The number of sulfonamides is 1. The maximum atomic E-state index is 12.0. The summed E-state index contributed by atoms with van der Waals surface area (Å²) in [6.45, 7) is 3.65. The van der Waals surface area contributed by atoms with Crippen LogP contribution in [0.1, 0.15) is 25.7 Å². The molecule has 2 aliphatic rings. The Balaban J connectivity index is 1.88. The molecule has 100 valence electrons. The van der Waals surface area contributed by atoms with E-state index in [-0.39, 0.29) is 5.75 Å². The van der Waals surface area contributed by atoms with Crippen molar-refractivity contribution in [1.82, 2.24) is 9.21 Å². The first kappa shape index (κ1) is 13.6. The van der Waals surface area contributed by atoms with Gasteiger partial charge in [0, 0.05) is 25.0 Å². The zero-order valence-corrected chi connectivity index (χ0v) is 11.7. The van der Waals surface area contributed by atoms with Crippen LogP contribution in [0.15, 0.2) is 0 Å². The van der Waals surface area contributed by atoms with Gasteiger partial charge in [-0.25, -0.2) is 12.7 Å². The summed E-state index contributed by atoms with van der Waals surface area (Å²) in [5.74, 6) is 0.617. The van der Waals surface area contributed by atoms with Crippen LogP contribution < -0.4 is 0 Å². The van der Waals surface area contributed by atoms with Crippen molar-refractivity contribution >= 4 is 21.6 Å². The van der Waals surface area contributed by atoms with Crippen molar-refractivity contribution in [3.63, 3.8) is 0 Å². The lowest BCUT2D eigenvalue weighted by molar-refractivity contribution is 0.251. The van der Waals surface area contributed by atoms with Gasteiger partial charge in [-0.3, -0.25) is 4.90 Å². The number of likely N-dealkylation sites (tertiary alicyclic amines) is 1. The smallest absolute Gasteiger partial charge is 0.214 e. The molecule has 0 saturated carbocycles. The second-order valence-corrected chi connectivity index (χ2v) is 7.37. The van der Waals surface area contributed by atoms with E-state index in [1.807, 2.05) is 0 Å². The molecule has 0 aromatic heterocycles. The number of halogens is 1. The van der Waals surface area contributed by atoms with E-state index in [0.29, 0.717) is 31.4 Å². The monoisotopic (exact) mass is 280 g/mol. The van der Waals surface area contributed by atoms with E-state index in [9.17, 15) is 8.42 Å². The lowest BCUT2D eigenvalue weighted by atomic mass is 10.2. The summed E-state index contributed by atoms with van der Waals surface area (Å²) in [5, 5.41) is 0. The van der Waals surface area contributed by atoms with Crippen molar-refractivity contribution in [3.8, 4) is 0 Å². The number of rotatable bonds is 5. The molecule has 0 amide bonds. The molecule has 17 heavy (non-hydrogen) atoms. The standard InChI is InChI=1S/C11H21ClN2O2S/c12-5-3-9-17(15,16)14-8-4-11(10-14)13-6-1-2-7-13/h11H,1-10H2. The highest BCUT2D eigenvalue weighted by Gasteiger charge is 2.34. The van der Waals surface area contributed by atoms with Crippen LogP contribution in [0.4, 0.5) is 0 Å². The van der Waals surface area contributed by atoms with Crippen molar-refractivity contribution in [2.24, 2.45) is 0 Å². The molecule has 0 bridgehead atoms. The van der Waals surface area contributed by atoms with Gasteiger partial charge in [0.1, 0.15) is 0 Å². The topological polar surface area (TPSA) is 40.6 Å². The molecule has 0 aromatic carbocycles. The van der Waals surface area contributed by atoms with Gasteiger partial charge < -0.3 is 0 Å². The van der Waals surface area contributed by atoms with Crippen molar-refractivity contribution in [3.05, 3.63) is 0 Å². The molecule has 0 aliphatic carbocycles. The fraction of sp³-hybridized carbons (Fsp3) is 1.00. The summed E-state index contributed by atoms with van der Waals surface area (Å²) < 4.78 is 25.7. The molecule has 1 unspecified atom stereocenters. The Labute approximate surface area is 109 Å². The molecular weight excluding hydrogens is 260 g/mol. The first-order valence-corrected chi connectivity index (χ1v) is 8.56. The third-order valence-electron chi connectivity index (χ3n) is 3.71. The van der Waals surface area contributed by atoms with Crippen molar-refractivity contribution in [2.75, 3.05) is 37.8 Å². The Bertz CT molecular complexity index is 341. The number of alkyl halides is 1. The summed E-state index contributed by atoms with van der Waals surface area (Å²) >= 11 is 5.56. The van der Waals surface area contributed by atoms with Crippen LogP contribution in [-0.4, -0.2) is 61.5 Å². The maximum absolute atomic E-state index is 12.0. The molecule has 2 heterocycles. The Kier molecular flexibility index (Phi) is 4.69. The molecule has 2 rings (SSSR count). The lowest BCUT2D eigenvalue weighted by Crippen LogP contribution is -2.37. The number of hydrogen-bond donors (Lipinski definition) is 0. The largest absolute Gasteiger partial charge is 0.299 e. The highest BCUT2D eigenvalue weighted by atomic mass is 35.5. The van der Waals surface area contributed by atoms with Crippen LogP contribution >= 0.6 is 11.6 Å². The zero-order valence-electron chi connectivity index (χ0n) is 10.1. The third-order valence-corrected chi connectivity index (χ3v) is 5.90. The summed E-state index contributed by atoms with van der Waals surface area (Å²) in [7, 11) is -3.06. The number of nitrogens with zero attached hydrogens (tertiary/aromatic N) is 2. The molecular formula is C11H21ClN2O2S. The zero-order chi connectivity index (χ0) is 12.3. The molecule has 2 aliphatic heterocycles. The van der Waals surface area contributed by atoms with Gasteiger partial charge in [-0.2, -0.15) is 0 Å². The van der Waals surface area contributed by atoms with Crippen LogP contribution in [0.5, 0.6) is 0 Å². The summed E-state index contributed by atoms with van der Waals surface area (Å²) in [4.78, 5) is 2.44. The molecule has 4 nitrogen and oxygen atoms in total. The van der Waals surface area contributed by atoms with Gasteiger partial charge in [0.25, 0.3) is 0 Å². The average molecular weight is 281 g/mol. The predicted molar refractivity (Wildman–Crippen MR) is 69.9 cm³/mol. The van der Waals surface area contributed by atoms with E-state index in [2.05, 4.69) is 4.90 Å². The average Bonchev–Trinajstić information content (AvgIpc) is 2.95. The van der Waals surface area contributed by atoms with Gasteiger partial charge in [-0.05, 0) is 38.8 Å². The first-order chi connectivity index (χ1) is 8.13. The molecule has 0 aromatic rings. The van der Waals surface area contributed by atoms with Crippen molar-refractivity contribution in [2.45, 2.75) is 31.7 Å². The molecule has 0 spiro atoms. The second-order valence-electron chi connectivity index (χ2n) is 4.90. The van der Waals surface area contributed by atoms with Crippen molar-refractivity contribution in [1.29, 1.82) is 0 Å². The van der Waals surface area contributed by atoms with Crippen LogP contribution in [-0.2, 0) is 10.0 Å². The summed E-state index contributed by atoms with van der Waals surface area (Å²) in [5.41, 5.74) is 0. The Hall–Kier alpha value is 0.160. The summed E-state index contributed by atoms with van der Waals surface area (Å²) in [6.07, 6.45) is 4.06. The highest BCUT2D eigenvalue weighted by molar-refractivity contribution is 7.89. The van der Waals surface area contributed by atoms with Crippen LogP contribution in [0.2, 0.25) is 0 Å². The van der Waals surface area contributed by atoms with Crippen LogP contribution in [0, 0.1) is 0 Å². The highest BCUT2D eigenvalue weighted by Crippen LogP contribution is 2.22. The molecule has 1 atom stereocenters. The SMILES string of the molecule is O=S(=O)(CCCCl)N1CCC(N2CCCC2)C1. The van der Waals surface area contributed by atoms with Gasteiger partial charge in [0.15, 0.2) is 0 Å². The van der Waals surface area contributed by atoms with Gasteiger partial charge >= 0.3 is 0 Å². The van der Waals surface area contributed by atoms with E-state index < -0.39 is 10.0 Å². The molecule has 6 heteroatoms. The minimum absolute atomic E-state index is 0.198.